The van der Waals surface area contributed by atoms with Gasteiger partial charge < -0.3 is 15.2 Å². The van der Waals surface area contributed by atoms with E-state index in [4.69, 9.17) is 11.6 Å². The second kappa shape index (κ2) is 9.77. The summed E-state index contributed by atoms with van der Waals surface area (Å²) >= 11 is 10.7. The molecule has 2 atom stereocenters. The number of carbonyl (C=O) groups excluding carboxylic acids is 2. The van der Waals surface area contributed by atoms with Crippen molar-refractivity contribution >= 4 is 52.8 Å². The number of carbonyl (C=O) groups is 2. The Morgan fingerprint density at radius 3 is 2.58 bits per heavy atom. The van der Waals surface area contributed by atoms with E-state index in [1.807, 2.05) is 43.0 Å². The van der Waals surface area contributed by atoms with Crippen LogP contribution < -0.4 is 10.2 Å². The van der Waals surface area contributed by atoms with Gasteiger partial charge in [-0.2, -0.15) is 12.6 Å². The molecule has 2 aromatic carbocycles. The Morgan fingerprint density at radius 2 is 1.94 bits per heavy atom. The van der Waals surface area contributed by atoms with Gasteiger partial charge in [-0.3, -0.25) is 9.59 Å². The number of aromatic amines is 1. The zero-order valence-electron chi connectivity index (χ0n) is 19.1. The molecule has 1 saturated carbocycles. The predicted molar refractivity (Wildman–Crippen MR) is 136 cm³/mol. The number of aryl methyl sites for hydroxylation is 1. The Hall–Kier alpha value is -2.51. The number of nitrogens with zero attached hydrogens (tertiary/aromatic N) is 2. The molecule has 0 bridgehead atoms. The molecule has 2 amide bonds. The zero-order valence-corrected chi connectivity index (χ0v) is 20.7. The van der Waals surface area contributed by atoms with Crippen LogP contribution in [0.5, 0.6) is 0 Å². The third kappa shape index (κ3) is 5.04. The molecule has 1 unspecified atom stereocenters. The number of imidazole rings is 1. The second-order valence-corrected chi connectivity index (χ2v) is 10.1. The molecular weight excluding hydrogens is 456 g/mol. The molecule has 4 rings (SSSR count). The van der Waals surface area contributed by atoms with E-state index in [9.17, 15) is 9.59 Å². The van der Waals surface area contributed by atoms with Gasteiger partial charge in [0.1, 0.15) is 5.82 Å². The van der Waals surface area contributed by atoms with Crippen LogP contribution in [0, 0.1) is 6.92 Å². The number of rotatable bonds is 6. The Kier molecular flexibility index (Phi) is 7.00. The van der Waals surface area contributed by atoms with Gasteiger partial charge >= 0.3 is 0 Å². The summed E-state index contributed by atoms with van der Waals surface area (Å²) in [5.41, 5.74) is 3.89. The number of fused-ring (bicyclic) bond motifs is 1. The third-order valence-electron chi connectivity index (χ3n) is 6.27. The Balaban J connectivity index is 1.57. The minimum atomic E-state index is -0.417. The van der Waals surface area contributed by atoms with E-state index in [0.717, 1.165) is 48.0 Å². The topological polar surface area (TPSA) is 78.1 Å². The molecule has 8 heteroatoms. The Morgan fingerprint density at radius 1 is 1.21 bits per heavy atom. The number of amides is 2. The molecule has 0 saturated heterocycles. The quantitative estimate of drug-likeness (QED) is 0.398. The maximum absolute atomic E-state index is 13.1. The SMILES string of the molecule is CC(=O)N(c1ccc(C(=O)N[C@@H](c2nc3ccc(Cl)cc3[nH]2)C(C)S)cc1C)C1CCCC1. The smallest absolute Gasteiger partial charge is 0.251 e. The van der Waals surface area contributed by atoms with E-state index in [1.165, 1.54) is 0 Å². The van der Waals surface area contributed by atoms with Crippen LogP contribution in [0.1, 0.15) is 67.3 Å². The summed E-state index contributed by atoms with van der Waals surface area (Å²) in [6.07, 6.45) is 4.33. The molecule has 1 aliphatic carbocycles. The summed E-state index contributed by atoms with van der Waals surface area (Å²) < 4.78 is 0. The number of aromatic nitrogens is 2. The summed E-state index contributed by atoms with van der Waals surface area (Å²) in [4.78, 5) is 35.3. The van der Waals surface area contributed by atoms with Gasteiger partial charge in [-0.15, -0.1) is 0 Å². The Labute approximate surface area is 204 Å². The molecule has 0 aliphatic heterocycles. The average molecular weight is 485 g/mol. The van der Waals surface area contributed by atoms with Crippen molar-refractivity contribution in [2.45, 2.75) is 63.8 Å². The summed E-state index contributed by atoms with van der Waals surface area (Å²) in [7, 11) is 0. The van der Waals surface area contributed by atoms with Crippen molar-refractivity contribution in [1.29, 1.82) is 0 Å². The number of benzene rings is 2. The highest BCUT2D eigenvalue weighted by molar-refractivity contribution is 7.81. The van der Waals surface area contributed by atoms with Crippen LogP contribution in [0.3, 0.4) is 0 Å². The molecule has 2 N–H and O–H groups in total. The van der Waals surface area contributed by atoms with Gasteiger partial charge in [0, 0.05) is 34.5 Å². The van der Waals surface area contributed by atoms with E-state index < -0.39 is 6.04 Å². The molecule has 1 aliphatic rings. The molecule has 6 nitrogen and oxygen atoms in total. The van der Waals surface area contributed by atoms with E-state index in [0.29, 0.717) is 16.4 Å². The van der Waals surface area contributed by atoms with Crippen molar-refractivity contribution in [2.24, 2.45) is 0 Å². The Bertz CT molecular complexity index is 1190. The molecule has 0 spiro atoms. The largest absolute Gasteiger partial charge is 0.341 e. The minimum absolute atomic E-state index is 0.0381. The lowest BCUT2D eigenvalue weighted by Gasteiger charge is -2.29. The lowest BCUT2D eigenvalue weighted by molar-refractivity contribution is -0.117. The van der Waals surface area contributed by atoms with Gasteiger partial charge in [0.2, 0.25) is 5.91 Å². The molecule has 174 valence electrons. The molecule has 33 heavy (non-hydrogen) atoms. The van der Waals surface area contributed by atoms with E-state index in [1.54, 1.807) is 19.1 Å². The minimum Gasteiger partial charge on any atom is -0.341 e. The predicted octanol–water partition coefficient (Wildman–Crippen LogP) is 5.61. The molecule has 3 aromatic rings. The maximum atomic E-state index is 13.1. The van der Waals surface area contributed by atoms with Crippen molar-refractivity contribution < 1.29 is 9.59 Å². The molecular formula is C25H29ClN4O2S. The monoisotopic (exact) mass is 484 g/mol. The summed E-state index contributed by atoms with van der Waals surface area (Å²) in [6, 6.07) is 10.8. The van der Waals surface area contributed by atoms with Crippen molar-refractivity contribution in [1.82, 2.24) is 15.3 Å². The number of anilines is 1. The fourth-order valence-electron chi connectivity index (χ4n) is 4.64. The molecule has 1 aromatic heterocycles. The zero-order chi connectivity index (χ0) is 23.7. The van der Waals surface area contributed by atoms with Gasteiger partial charge in [-0.1, -0.05) is 31.4 Å². The first-order valence-electron chi connectivity index (χ1n) is 11.3. The number of thiol groups is 1. The molecule has 0 radical (unpaired) electrons. The molecule has 1 heterocycles. The highest BCUT2D eigenvalue weighted by Gasteiger charge is 2.28. The van der Waals surface area contributed by atoms with Gasteiger partial charge in [-0.05, 0) is 61.7 Å². The normalized spacial score (nSPS) is 16.0. The lowest BCUT2D eigenvalue weighted by Crippen LogP contribution is -2.38. The lowest BCUT2D eigenvalue weighted by atomic mass is 10.0. The average Bonchev–Trinajstić information content (AvgIpc) is 3.42. The summed E-state index contributed by atoms with van der Waals surface area (Å²) in [5.74, 6) is 0.445. The van der Waals surface area contributed by atoms with Crippen molar-refractivity contribution in [3.05, 3.63) is 58.4 Å². The first-order chi connectivity index (χ1) is 15.7. The number of hydrogen-bond donors (Lipinski definition) is 3. The van der Waals surface area contributed by atoms with Crippen molar-refractivity contribution in [3.8, 4) is 0 Å². The van der Waals surface area contributed by atoms with Gasteiger partial charge in [0.25, 0.3) is 5.91 Å². The number of halogens is 1. The highest BCUT2D eigenvalue weighted by Crippen LogP contribution is 2.31. The summed E-state index contributed by atoms with van der Waals surface area (Å²) in [6.45, 7) is 5.46. The first kappa shape index (κ1) is 23.6. The van der Waals surface area contributed by atoms with Crippen molar-refractivity contribution in [2.75, 3.05) is 4.90 Å². The standard InChI is InChI=1S/C25H29ClN4O2S/c1-14-12-17(8-11-22(14)30(16(3)31)19-6-4-5-7-19)25(32)29-23(15(2)33)24-27-20-10-9-18(26)13-21(20)28-24/h8-13,15,19,23,33H,4-7H2,1-3H3,(H,27,28)(H,29,32)/t15?,23-/m1/s1. The fraction of sp³-hybridized carbons (Fsp3) is 0.400. The number of hydrogen-bond acceptors (Lipinski definition) is 4. The van der Waals surface area contributed by atoms with Gasteiger partial charge in [0.05, 0.1) is 17.1 Å². The van der Waals surface area contributed by atoms with Crippen LogP contribution in [0.2, 0.25) is 5.02 Å². The van der Waals surface area contributed by atoms with Gasteiger partial charge in [0.15, 0.2) is 0 Å². The second-order valence-electron chi connectivity index (χ2n) is 8.80. The van der Waals surface area contributed by atoms with Gasteiger partial charge in [-0.25, -0.2) is 4.98 Å². The van der Waals surface area contributed by atoms with Crippen LogP contribution in [0.25, 0.3) is 11.0 Å². The van der Waals surface area contributed by atoms with Crippen LogP contribution in [-0.2, 0) is 4.79 Å². The first-order valence-corrected chi connectivity index (χ1v) is 12.2. The van der Waals surface area contributed by atoms with Crippen LogP contribution in [0.4, 0.5) is 5.69 Å². The number of H-pyrrole nitrogens is 1. The third-order valence-corrected chi connectivity index (χ3v) is 6.81. The van der Waals surface area contributed by atoms with Crippen LogP contribution in [0.15, 0.2) is 36.4 Å². The van der Waals surface area contributed by atoms with E-state index >= 15 is 0 Å². The van der Waals surface area contributed by atoms with Crippen LogP contribution in [-0.4, -0.2) is 33.1 Å². The van der Waals surface area contributed by atoms with E-state index in [-0.39, 0.29) is 23.1 Å². The number of nitrogens with one attached hydrogen (secondary N) is 2. The van der Waals surface area contributed by atoms with E-state index in [2.05, 4.69) is 27.9 Å². The fourth-order valence-corrected chi connectivity index (χ4v) is 5.03. The van der Waals surface area contributed by atoms with Crippen LogP contribution >= 0.6 is 24.2 Å². The molecule has 1 fully saturated rings. The highest BCUT2D eigenvalue weighted by atomic mass is 35.5. The van der Waals surface area contributed by atoms with Crippen molar-refractivity contribution in [3.63, 3.8) is 0 Å². The summed E-state index contributed by atoms with van der Waals surface area (Å²) in [5, 5.41) is 3.49. The maximum Gasteiger partial charge on any atom is 0.251 e.